The molecule has 0 aromatic carbocycles. The molecule has 1 saturated heterocycles. The summed E-state index contributed by atoms with van der Waals surface area (Å²) in [6.07, 6.45) is 0. The highest BCUT2D eigenvalue weighted by molar-refractivity contribution is 7.13. The maximum absolute atomic E-state index is 11.8. The number of likely N-dealkylation sites (tertiary alicyclic amines) is 1. The van der Waals surface area contributed by atoms with Gasteiger partial charge >= 0.3 is 5.97 Å². The lowest BCUT2D eigenvalue weighted by Crippen LogP contribution is -2.32. The molecule has 1 aromatic heterocycles. The van der Waals surface area contributed by atoms with Gasteiger partial charge in [-0.3, -0.25) is 14.5 Å². The molecule has 2 N–H and O–H groups in total. The molecule has 0 radical (unpaired) electrons. The molecule has 2 atom stereocenters. The van der Waals surface area contributed by atoms with Crippen LogP contribution in [0.4, 0.5) is 5.13 Å². The fourth-order valence-electron chi connectivity index (χ4n) is 2.29. The van der Waals surface area contributed by atoms with Crippen molar-refractivity contribution in [1.29, 1.82) is 0 Å². The SMILES string of the molecule is Cc1csc(NC(=O)CN2CC(C)C(C(=O)O)C2)n1. The van der Waals surface area contributed by atoms with Gasteiger partial charge in [-0.05, 0) is 12.8 Å². The molecule has 104 valence electrons. The Morgan fingerprint density at radius 2 is 2.32 bits per heavy atom. The van der Waals surface area contributed by atoms with Crippen molar-refractivity contribution in [3.63, 3.8) is 0 Å². The monoisotopic (exact) mass is 283 g/mol. The Kier molecular flexibility index (Phi) is 4.16. The van der Waals surface area contributed by atoms with Gasteiger partial charge in [0.15, 0.2) is 5.13 Å². The van der Waals surface area contributed by atoms with Crippen molar-refractivity contribution in [2.45, 2.75) is 13.8 Å². The zero-order chi connectivity index (χ0) is 14.0. The van der Waals surface area contributed by atoms with Crippen molar-refractivity contribution in [2.24, 2.45) is 11.8 Å². The van der Waals surface area contributed by atoms with Gasteiger partial charge in [0.2, 0.25) is 5.91 Å². The number of aryl methyl sites for hydroxylation is 1. The second-order valence-electron chi connectivity index (χ2n) is 4.96. The van der Waals surface area contributed by atoms with E-state index in [2.05, 4.69) is 10.3 Å². The summed E-state index contributed by atoms with van der Waals surface area (Å²) in [4.78, 5) is 28.9. The van der Waals surface area contributed by atoms with Gasteiger partial charge in [0.05, 0.1) is 18.2 Å². The van der Waals surface area contributed by atoms with E-state index in [1.807, 2.05) is 24.1 Å². The minimum absolute atomic E-state index is 0.0763. The van der Waals surface area contributed by atoms with E-state index in [0.29, 0.717) is 18.2 Å². The Morgan fingerprint density at radius 3 is 2.84 bits per heavy atom. The zero-order valence-electron chi connectivity index (χ0n) is 10.9. The summed E-state index contributed by atoms with van der Waals surface area (Å²) >= 11 is 1.39. The Hall–Kier alpha value is -1.47. The van der Waals surface area contributed by atoms with Crippen molar-refractivity contribution in [3.8, 4) is 0 Å². The van der Waals surface area contributed by atoms with Gasteiger partial charge in [-0.25, -0.2) is 4.98 Å². The van der Waals surface area contributed by atoms with Gasteiger partial charge in [0.25, 0.3) is 0 Å². The molecule has 2 rings (SSSR count). The fourth-order valence-corrected chi connectivity index (χ4v) is 3.00. The third-order valence-electron chi connectivity index (χ3n) is 3.24. The molecule has 1 aromatic rings. The van der Waals surface area contributed by atoms with Gasteiger partial charge in [-0.2, -0.15) is 0 Å². The highest BCUT2D eigenvalue weighted by Gasteiger charge is 2.35. The number of rotatable bonds is 4. The van der Waals surface area contributed by atoms with Crippen LogP contribution in [0.2, 0.25) is 0 Å². The molecule has 0 spiro atoms. The Balaban J connectivity index is 1.85. The lowest BCUT2D eigenvalue weighted by atomic mass is 9.99. The van der Waals surface area contributed by atoms with Gasteiger partial charge < -0.3 is 10.4 Å². The van der Waals surface area contributed by atoms with E-state index >= 15 is 0 Å². The van der Waals surface area contributed by atoms with Crippen LogP contribution in [0.25, 0.3) is 0 Å². The standard InChI is InChI=1S/C12H17N3O3S/c1-7-3-15(4-9(7)11(17)18)5-10(16)14-12-13-8(2)6-19-12/h6-7,9H,3-5H2,1-2H3,(H,17,18)(H,13,14,16). The fraction of sp³-hybridized carbons (Fsp3) is 0.583. The summed E-state index contributed by atoms with van der Waals surface area (Å²) in [5.74, 6) is -1.24. The van der Waals surface area contributed by atoms with Crippen LogP contribution in [-0.2, 0) is 9.59 Å². The van der Waals surface area contributed by atoms with Crippen LogP contribution in [0.1, 0.15) is 12.6 Å². The largest absolute Gasteiger partial charge is 0.481 e. The van der Waals surface area contributed by atoms with E-state index in [9.17, 15) is 9.59 Å². The van der Waals surface area contributed by atoms with E-state index in [4.69, 9.17) is 5.11 Å². The number of amides is 1. The number of aromatic nitrogens is 1. The molecule has 2 unspecified atom stereocenters. The first-order valence-corrected chi connectivity index (χ1v) is 7.01. The molecule has 1 aliphatic heterocycles. The number of nitrogens with one attached hydrogen (secondary N) is 1. The number of hydrogen-bond acceptors (Lipinski definition) is 5. The maximum atomic E-state index is 11.8. The van der Waals surface area contributed by atoms with E-state index in [1.54, 1.807) is 0 Å². The molecular weight excluding hydrogens is 266 g/mol. The summed E-state index contributed by atoms with van der Waals surface area (Å²) in [6.45, 7) is 5.06. The van der Waals surface area contributed by atoms with E-state index in [1.165, 1.54) is 11.3 Å². The highest BCUT2D eigenvalue weighted by Crippen LogP contribution is 2.23. The number of anilines is 1. The number of aliphatic carboxylic acids is 1. The Labute approximate surface area is 115 Å². The smallest absolute Gasteiger partial charge is 0.308 e. The Morgan fingerprint density at radius 1 is 1.58 bits per heavy atom. The maximum Gasteiger partial charge on any atom is 0.308 e. The predicted molar refractivity (Wildman–Crippen MR) is 72.2 cm³/mol. The van der Waals surface area contributed by atoms with Crippen LogP contribution in [0.5, 0.6) is 0 Å². The first-order chi connectivity index (χ1) is 8.95. The molecule has 1 fully saturated rings. The first-order valence-electron chi connectivity index (χ1n) is 6.13. The first kappa shape index (κ1) is 14.0. The predicted octanol–water partition coefficient (Wildman–Crippen LogP) is 1.04. The van der Waals surface area contributed by atoms with Gasteiger partial charge in [-0.1, -0.05) is 6.92 Å². The van der Waals surface area contributed by atoms with Gasteiger partial charge in [0, 0.05) is 18.5 Å². The minimum Gasteiger partial charge on any atom is -0.481 e. The van der Waals surface area contributed by atoms with Crippen molar-refractivity contribution in [2.75, 3.05) is 25.0 Å². The summed E-state index contributed by atoms with van der Waals surface area (Å²) in [5, 5.41) is 14.2. The second kappa shape index (κ2) is 5.66. The summed E-state index contributed by atoms with van der Waals surface area (Å²) < 4.78 is 0. The average molecular weight is 283 g/mol. The molecule has 0 saturated carbocycles. The molecule has 19 heavy (non-hydrogen) atoms. The van der Waals surface area contributed by atoms with Crippen LogP contribution in [0, 0.1) is 18.8 Å². The number of carboxylic acids is 1. The number of nitrogens with zero attached hydrogens (tertiary/aromatic N) is 2. The van der Waals surface area contributed by atoms with Crippen molar-refractivity contribution >= 4 is 28.3 Å². The van der Waals surface area contributed by atoms with Crippen molar-refractivity contribution in [1.82, 2.24) is 9.88 Å². The number of thiazole rings is 1. The van der Waals surface area contributed by atoms with Gasteiger partial charge in [0.1, 0.15) is 0 Å². The summed E-state index contributed by atoms with van der Waals surface area (Å²) in [6, 6.07) is 0. The van der Waals surface area contributed by atoms with Crippen LogP contribution < -0.4 is 5.32 Å². The van der Waals surface area contributed by atoms with E-state index in [-0.39, 0.29) is 24.3 Å². The second-order valence-corrected chi connectivity index (χ2v) is 5.82. The number of carboxylic acid groups (broad SMARTS) is 1. The van der Waals surface area contributed by atoms with E-state index < -0.39 is 5.97 Å². The Bertz CT molecular complexity index is 488. The lowest BCUT2D eigenvalue weighted by Gasteiger charge is -2.13. The van der Waals surface area contributed by atoms with Crippen LogP contribution >= 0.6 is 11.3 Å². The summed E-state index contributed by atoms with van der Waals surface area (Å²) in [7, 11) is 0. The average Bonchev–Trinajstić information content (AvgIpc) is 2.85. The number of carbonyl (C=O) groups excluding carboxylic acids is 1. The molecule has 1 aliphatic rings. The minimum atomic E-state index is -0.786. The quantitative estimate of drug-likeness (QED) is 0.863. The van der Waals surface area contributed by atoms with Crippen molar-refractivity contribution in [3.05, 3.63) is 11.1 Å². The summed E-state index contributed by atoms with van der Waals surface area (Å²) in [5.41, 5.74) is 0.876. The normalized spacial score (nSPS) is 23.5. The van der Waals surface area contributed by atoms with Crippen molar-refractivity contribution < 1.29 is 14.7 Å². The third-order valence-corrected chi connectivity index (χ3v) is 4.11. The van der Waals surface area contributed by atoms with E-state index in [0.717, 1.165) is 5.69 Å². The number of carbonyl (C=O) groups is 2. The molecule has 1 amide bonds. The molecule has 0 bridgehead atoms. The molecular formula is C12H17N3O3S. The number of hydrogen-bond donors (Lipinski definition) is 2. The lowest BCUT2D eigenvalue weighted by molar-refractivity contribution is -0.142. The topological polar surface area (TPSA) is 82.5 Å². The third kappa shape index (κ3) is 3.51. The van der Waals surface area contributed by atoms with Crippen LogP contribution in [-0.4, -0.2) is 46.5 Å². The zero-order valence-corrected chi connectivity index (χ0v) is 11.7. The molecule has 2 heterocycles. The molecule has 6 nitrogen and oxygen atoms in total. The van der Waals surface area contributed by atoms with Crippen LogP contribution in [0.3, 0.4) is 0 Å². The van der Waals surface area contributed by atoms with Gasteiger partial charge in [-0.15, -0.1) is 11.3 Å². The highest BCUT2D eigenvalue weighted by atomic mass is 32.1. The van der Waals surface area contributed by atoms with Crippen LogP contribution in [0.15, 0.2) is 5.38 Å². The molecule has 0 aliphatic carbocycles. The molecule has 7 heteroatoms.